The Hall–Kier alpha value is -2.37. The maximum Gasteiger partial charge on any atom is 0.308 e. The van der Waals surface area contributed by atoms with E-state index in [9.17, 15) is 14.4 Å². The number of ether oxygens (including phenoxy) is 3. The highest BCUT2D eigenvalue weighted by Gasteiger charge is 2.60. The number of carbonyl (C=O) groups is 3. The molecule has 2 aliphatic carbocycles. The Morgan fingerprint density at radius 3 is 2.03 bits per heavy atom. The van der Waals surface area contributed by atoms with Gasteiger partial charge < -0.3 is 14.2 Å². The molecule has 0 unspecified atom stereocenters. The molecular weight excluding hydrogens is 384 g/mol. The maximum absolute atomic E-state index is 13.9. The quantitative estimate of drug-likeness (QED) is 0.510. The fraction of sp³-hybridized carbons (Fsp3) is 0.625. The van der Waals surface area contributed by atoms with E-state index in [1.54, 1.807) is 0 Å². The number of hydrogen-bond acceptors (Lipinski definition) is 6. The van der Waals surface area contributed by atoms with Gasteiger partial charge in [-0.25, -0.2) is 0 Å². The molecular formula is C24H32O6. The highest BCUT2D eigenvalue weighted by atomic mass is 16.6. The van der Waals surface area contributed by atoms with Crippen molar-refractivity contribution in [1.29, 1.82) is 0 Å². The van der Waals surface area contributed by atoms with Crippen LogP contribution in [0, 0.1) is 11.3 Å². The van der Waals surface area contributed by atoms with Crippen molar-refractivity contribution in [3.8, 4) is 17.2 Å². The lowest BCUT2D eigenvalue weighted by Crippen LogP contribution is -2.44. The van der Waals surface area contributed by atoms with Crippen LogP contribution >= 0.6 is 0 Å². The zero-order valence-corrected chi connectivity index (χ0v) is 19.2. The van der Waals surface area contributed by atoms with Gasteiger partial charge >= 0.3 is 11.9 Å². The number of carbonyl (C=O) groups excluding carboxylic acids is 3. The van der Waals surface area contributed by atoms with E-state index in [1.807, 2.05) is 13.8 Å². The number of esters is 2. The van der Waals surface area contributed by atoms with E-state index in [0.29, 0.717) is 22.4 Å². The van der Waals surface area contributed by atoms with Crippen LogP contribution in [-0.2, 0) is 15.0 Å². The Kier molecular flexibility index (Phi) is 5.50. The van der Waals surface area contributed by atoms with E-state index < -0.39 is 17.4 Å². The molecule has 6 nitrogen and oxygen atoms in total. The minimum Gasteiger partial charge on any atom is -0.492 e. The van der Waals surface area contributed by atoms with E-state index in [-0.39, 0.29) is 34.5 Å². The minimum absolute atomic E-state index is 0.0496. The van der Waals surface area contributed by atoms with Gasteiger partial charge in [0.25, 0.3) is 0 Å². The van der Waals surface area contributed by atoms with Gasteiger partial charge in [0.2, 0.25) is 0 Å². The van der Waals surface area contributed by atoms with Crippen molar-refractivity contribution >= 4 is 17.7 Å². The van der Waals surface area contributed by atoms with Crippen molar-refractivity contribution in [1.82, 2.24) is 0 Å². The van der Waals surface area contributed by atoms with Gasteiger partial charge in [0.05, 0.1) is 12.7 Å². The van der Waals surface area contributed by atoms with Gasteiger partial charge in [-0.3, -0.25) is 14.4 Å². The summed E-state index contributed by atoms with van der Waals surface area (Å²) >= 11 is 0. The van der Waals surface area contributed by atoms with Crippen LogP contribution in [0.15, 0.2) is 0 Å². The van der Waals surface area contributed by atoms with E-state index >= 15 is 0 Å². The molecule has 0 aliphatic heterocycles. The zero-order valence-electron chi connectivity index (χ0n) is 19.2. The standard InChI is InChI=1S/C24H32O6/c1-12(2)15-19(29-13(3)25)16-17(21(20(15)28-8)30-14(4)26)24(7)11-9-10-23(5,6)22(24)18(16)27/h12,22H,9-11H2,1-8H3/t22-,24+/m0/s1. The van der Waals surface area contributed by atoms with Crippen molar-refractivity contribution in [2.45, 2.75) is 79.1 Å². The molecule has 6 heteroatoms. The second-order valence-electron chi connectivity index (χ2n) is 9.75. The third-order valence-electron chi connectivity index (χ3n) is 6.69. The summed E-state index contributed by atoms with van der Waals surface area (Å²) in [6.07, 6.45) is 2.65. The van der Waals surface area contributed by atoms with Crippen LogP contribution in [0.3, 0.4) is 0 Å². The van der Waals surface area contributed by atoms with Gasteiger partial charge in [0, 0.05) is 36.3 Å². The van der Waals surface area contributed by atoms with E-state index in [2.05, 4.69) is 20.8 Å². The molecule has 0 N–H and O–H groups in total. The van der Waals surface area contributed by atoms with Gasteiger partial charge in [-0.1, -0.05) is 41.0 Å². The summed E-state index contributed by atoms with van der Waals surface area (Å²) in [5.41, 5.74) is 0.786. The molecule has 1 fully saturated rings. The smallest absolute Gasteiger partial charge is 0.308 e. The Labute approximate surface area is 178 Å². The summed E-state index contributed by atoms with van der Waals surface area (Å²) in [6, 6.07) is 0. The molecule has 0 bridgehead atoms. The van der Waals surface area contributed by atoms with Crippen molar-refractivity contribution in [2.75, 3.05) is 7.11 Å². The van der Waals surface area contributed by atoms with E-state index in [0.717, 1.165) is 19.3 Å². The molecule has 0 amide bonds. The maximum atomic E-state index is 13.9. The number of fused-ring (bicyclic) bond motifs is 3. The van der Waals surface area contributed by atoms with Gasteiger partial charge in [0.15, 0.2) is 17.3 Å². The van der Waals surface area contributed by atoms with Crippen molar-refractivity contribution in [3.05, 3.63) is 16.7 Å². The average Bonchev–Trinajstić information content (AvgIpc) is 2.83. The van der Waals surface area contributed by atoms with Crippen LogP contribution in [-0.4, -0.2) is 24.8 Å². The first kappa shape index (κ1) is 22.3. The first-order valence-corrected chi connectivity index (χ1v) is 10.6. The van der Waals surface area contributed by atoms with Crippen LogP contribution in [0.1, 0.15) is 95.1 Å². The fourth-order valence-corrected chi connectivity index (χ4v) is 5.82. The van der Waals surface area contributed by atoms with Gasteiger partial charge in [-0.15, -0.1) is 0 Å². The molecule has 0 aromatic heterocycles. The molecule has 1 saturated carbocycles. The lowest BCUT2D eigenvalue weighted by molar-refractivity contribution is -0.133. The number of methoxy groups -OCH3 is 1. The summed E-state index contributed by atoms with van der Waals surface area (Å²) in [4.78, 5) is 38.0. The first-order valence-electron chi connectivity index (χ1n) is 10.6. The Morgan fingerprint density at radius 2 is 1.53 bits per heavy atom. The highest BCUT2D eigenvalue weighted by molar-refractivity contribution is 6.09. The van der Waals surface area contributed by atoms with Crippen LogP contribution in [0.4, 0.5) is 0 Å². The van der Waals surface area contributed by atoms with Crippen molar-refractivity contribution in [2.24, 2.45) is 11.3 Å². The first-order chi connectivity index (χ1) is 13.9. The predicted molar refractivity (Wildman–Crippen MR) is 113 cm³/mol. The average molecular weight is 417 g/mol. The second-order valence-corrected chi connectivity index (χ2v) is 9.75. The minimum atomic E-state index is -0.545. The molecule has 1 aromatic rings. The largest absolute Gasteiger partial charge is 0.492 e. The highest BCUT2D eigenvalue weighted by Crippen LogP contribution is 2.64. The molecule has 0 spiro atoms. The Balaban J connectivity index is 2.50. The number of Topliss-reactive ketones (excluding diaryl/α,β-unsaturated/α-hetero) is 1. The van der Waals surface area contributed by atoms with Crippen molar-refractivity contribution < 1.29 is 28.6 Å². The molecule has 3 rings (SSSR count). The monoisotopic (exact) mass is 416 g/mol. The van der Waals surface area contributed by atoms with E-state index in [4.69, 9.17) is 14.2 Å². The molecule has 2 atom stereocenters. The predicted octanol–water partition coefficient (Wildman–Crippen LogP) is 4.95. The van der Waals surface area contributed by atoms with Crippen molar-refractivity contribution in [3.63, 3.8) is 0 Å². The zero-order chi connectivity index (χ0) is 22.6. The summed E-state index contributed by atoms with van der Waals surface area (Å²) in [5.74, 6) is -0.588. The molecule has 2 aliphatic rings. The van der Waals surface area contributed by atoms with Gasteiger partial charge in [0.1, 0.15) is 5.75 Å². The van der Waals surface area contributed by atoms with Crippen LogP contribution < -0.4 is 14.2 Å². The van der Waals surface area contributed by atoms with Crippen LogP contribution in [0.2, 0.25) is 0 Å². The normalized spacial score (nSPS) is 24.3. The summed E-state index contributed by atoms with van der Waals surface area (Å²) in [5, 5.41) is 0. The lowest BCUT2D eigenvalue weighted by atomic mass is 9.56. The summed E-state index contributed by atoms with van der Waals surface area (Å²) < 4.78 is 17.1. The third-order valence-corrected chi connectivity index (χ3v) is 6.69. The molecule has 164 valence electrons. The molecule has 0 saturated heterocycles. The SMILES string of the molecule is COc1c(OC(C)=O)c2c(c(OC(C)=O)c1C(C)C)C(=O)[C@H]1C(C)(C)CCC[C@]21C. The molecule has 0 radical (unpaired) electrons. The van der Waals surface area contributed by atoms with Crippen LogP contribution in [0.5, 0.6) is 17.2 Å². The fourth-order valence-electron chi connectivity index (χ4n) is 5.82. The van der Waals surface area contributed by atoms with Gasteiger partial charge in [-0.2, -0.15) is 0 Å². The lowest BCUT2D eigenvalue weighted by Gasteiger charge is -2.46. The number of hydrogen-bond donors (Lipinski definition) is 0. The number of rotatable bonds is 4. The Morgan fingerprint density at radius 1 is 0.967 bits per heavy atom. The van der Waals surface area contributed by atoms with E-state index in [1.165, 1.54) is 21.0 Å². The van der Waals surface area contributed by atoms with Gasteiger partial charge in [-0.05, 0) is 24.2 Å². The topological polar surface area (TPSA) is 78.9 Å². The summed E-state index contributed by atoms with van der Waals surface area (Å²) in [6.45, 7) is 12.8. The van der Waals surface area contributed by atoms with Crippen LogP contribution in [0.25, 0.3) is 0 Å². The summed E-state index contributed by atoms with van der Waals surface area (Å²) in [7, 11) is 1.50. The third kappa shape index (κ3) is 3.21. The number of benzene rings is 1. The molecule has 30 heavy (non-hydrogen) atoms. The Bertz CT molecular complexity index is 926. The molecule has 0 heterocycles. The second kappa shape index (κ2) is 7.40. The number of ketones is 1. The molecule has 1 aromatic carbocycles.